The Kier molecular flexibility index (Phi) is 5.54. The van der Waals surface area contributed by atoms with Crippen molar-refractivity contribution in [3.05, 3.63) is 89.3 Å². The molecule has 0 amide bonds. The van der Waals surface area contributed by atoms with E-state index in [1.807, 2.05) is 35.8 Å². The lowest BCUT2D eigenvalue weighted by Gasteiger charge is -2.19. The van der Waals surface area contributed by atoms with Crippen molar-refractivity contribution in [3.63, 3.8) is 0 Å². The predicted molar refractivity (Wildman–Crippen MR) is 129 cm³/mol. The molecule has 0 bridgehead atoms. The number of nitrogens with two attached hydrogens (primary N) is 1. The number of hydrogen-bond acceptors (Lipinski definition) is 7. The third kappa shape index (κ3) is 4.37. The first-order valence-electron chi connectivity index (χ1n) is 10.0. The molecule has 0 atom stereocenters. The van der Waals surface area contributed by atoms with E-state index in [1.165, 1.54) is 12.1 Å². The van der Waals surface area contributed by atoms with E-state index in [0.29, 0.717) is 21.9 Å². The van der Waals surface area contributed by atoms with E-state index in [2.05, 4.69) is 9.12 Å². The quantitative estimate of drug-likeness (QED) is 0.398. The molecule has 4 aromatic rings. The highest BCUT2D eigenvalue weighted by Gasteiger charge is 2.25. The lowest BCUT2D eigenvalue weighted by Crippen LogP contribution is -2.74. The van der Waals surface area contributed by atoms with Crippen LogP contribution in [0.3, 0.4) is 0 Å². The maximum absolute atomic E-state index is 12.3. The summed E-state index contributed by atoms with van der Waals surface area (Å²) in [4.78, 5) is 3.72. The minimum atomic E-state index is -4.81. The molecule has 0 saturated carbocycles. The third-order valence-corrected chi connectivity index (χ3v) is 7.30. The van der Waals surface area contributed by atoms with Gasteiger partial charge < -0.3 is 12.5 Å². The van der Waals surface area contributed by atoms with Crippen molar-refractivity contribution in [2.24, 2.45) is 4.99 Å². The van der Waals surface area contributed by atoms with Crippen molar-refractivity contribution < 1.29 is 30.5 Å². The van der Waals surface area contributed by atoms with Crippen molar-refractivity contribution in [3.8, 4) is 22.6 Å². The van der Waals surface area contributed by atoms with Gasteiger partial charge in [-0.3, -0.25) is 5.32 Å². The summed E-state index contributed by atoms with van der Waals surface area (Å²) in [5.41, 5.74) is 0.816. The Morgan fingerprint density at radius 2 is 1.18 bits per heavy atom. The van der Waals surface area contributed by atoms with Crippen LogP contribution in [0.2, 0.25) is 0 Å². The summed E-state index contributed by atoms with van der Waals surface area (Å²) in [5.74, 6) is -0.0727. The van der Waals surface area contributed by atoms with Crippen LogP contribution in [0.4, 0.5) is 0 Å². The maximum Gasteiger partial charge on any atom is 0.247 e. The number of nitrogens with zero attached hydrogens (tertiary/aromatic N) is 2. The number of quaternary nitrogens is 1. The van der Waals surface area contributed by atoms with E-state index in [1.54, 1.807) is 48.9 Å². The zero-order valence-corrected chi connectivity index (χ0v) is 19.0. The molecular weight excluding hydrogens is 478 g/mol. The lowest BCUT2D eigenvalue weighted by atomic mass is 9.92. The van der Waals surface area contributed by atoms with Gasteiger partial charge in [-0.1, -0.05) is 60.7 Å². The van der Waals surface area contributed by atoms with Crippen LogP contribution in [-0.2, 0) is 20.6 Å². The van der Waals surface area contributed by atoms with E-state index in [9.17, 15) is 16.8 Å². The van der Waals surface area contributed by atoms with Crippen LogP contribution in [0.5, 0.6) is 11.5 Å². The molecule has 172 valence electrons. The molecular formula is C23H17N3O6S2. The molecule has 11 heteroatoms. The van der Waals surface area contributed by atoms with E-state index in [0.717, 1.165) is 10.8 Å². The summed E-state index contributed by atoms with van der Waals surface area (Å²) < 4.78 is 62.0. The molecule has 2 aliphatic heterocycles. The van der Waals surface area contributed by atoms with Crippen molar-refractivity contribution in [2.75, 3.05) is 0 Å². The fraction of sp³-hybridized carbons (Fsp3) is 0. The van der Waals surface area contributed by atoms with Gasteiger partial charge in [0.25, 0.3) is 0 Å². The van der Waals surface area contributed by atoms with Crippen molar-refractivity contribution in [1.82, 2.24) is 0 Å². The van der Waals surface area contributed by atoms with Gasteiger partial charge in [-0.05, 0) is 33.7 Å². The molecule has 0 unspecified atom stereocenters. The fourth-order valence-corrected chi connectivity index (χ4v) is 5.64. The topological polar surface area (TPSA) is 130 Å². The average Bonchev–Trinajstić information content (AvgIpc) is 3.38. The van der Waals surface area contributed by atoms with Crippen LogP contribution >= 0.6 is 0 Å². The Morgan fingerprint density at radius 1 is 0.676 bits per heavy atom. The van der Waals surface area contributed by atoms with E-state index >= 15 is 0 Å². The highest BCUT2D eigenvalue weighted by molar-refractivity contribution is 8.08. The third-order valence-electron chi connectivity index (χ3n) is 5.06. The zero-order chi connectivity index (χ0) is 23.8. The van der Waals surface area contributed by atoms with E-state index in [-0.39, 0.29) is 11.5 Å². The Balaban J connectivity index is 0.000000429. The van der Waals surface area contributed by atoms with Crippen molar-refractivity contribution in [2.45, 2.75) is 0 Å². The van der Waals surface area contributed by atoms with Crippen molar-refractivity contribution >= 4 is 48.5 Å². The summed E-state index contributed by atoms with van der Waals surface area (Å²) in [7, 11) is -9.63. The number of rotatable bonds is 0. The molecule has 6 rings (SSSR count). The Hall–Kier alpha value is -3.77. The summed E-state index contributed by atoms with van der Waals surface area (Å²) in [6.45, 7) is 0. The first-order valence-corrected chi connectivity index (χ1v) is 12.7. The normalized spacial score (nSPS) is 17.2. The predicted octanol–water partition coefficient (Wildman–Crippen LogP) is 3.36. The van der Waals surface area contributed by atoms with Gasteiger partial charge in [0.2, 0.25) is 20.6 Å². The van der Waals surface area contributed by atoms with E-state index in [4.69, 9.17) is 8.37 Å². The van der Waals surface area contributed by atoms with Gasteiger partial charge in [-0.25, -0.2) is 21.8 Å². The summed E-state index contributed by atoms with van der Waals surface area (Å²) in [6.07, 6.45) is 5.39. The van der Waals surface area contributed by atoms with Crippen LogP contribution in [0, 0.1) is 0 Å². The summed E-state index contributed by atoms with van der Waals surface area (Å²) >= 11 is 0. The van der Waals surface area contributed by atoms with Gasteiger partial charge in [0.15, 0.2) is 6.34 Å². The lowest BCUT2D eigenvalue weighted by molar-refractivity contribution is -0.447. The SMILES string of the molecule is C1=C[NH2+]C=N1.O=S1(=O)[N-]S(=O)(=O)Oc2ccc3ccccc3c2-c2c(ccc3ccccc23)O1. The number of fused-ring (bicyclic) bond motifs is 7. The fourth-order valence-electron chi connectivity index (χ4n) is 3.78. The molecule has 9 nitrogen and oxygen atoms in total. The van der Waals surface area contributed by atoms with Crippen LogP contribution in [0.25, 0.3) is 36.8 Å². The molecule has 0 radical (unpaired) electrons. The molecule has 4 aromatic carbocycles. The van der Waals surface area contributed by atoms with Gasteiger partial charge in [0, 0.05) is 11.1 Å². The molecule has 0 saturated heterocycles. The molecule has 2 aliphatic rings. The van der Waals surface area contributed by atoms with Crippen LogP contribution in [0.1, 0.15) is 0 Å². The first-order chi connectivity index (χ1) is 16.3. The van der Waals surface area contributed by atoms with E-state index < -0.39 is 20.6 Å². The largest absolute Gasteiger partial charge is 0.394 e. The van der Waals surface area contributed by atoms with Crippen LogP contribution in [-0.4, -0.2) is 23.2 Å². The highest BCUT2D eigenvalue weighted by Crippen LogP contribution is 2.47. The molecule has 2 N–H and O–H groups in total. The second-order valence-corrected chi connectivity index (χ2v) is 9.89. The Labute approximate surface area is 195 Å². The van der Waals surface area contributed by atoms with Crippen LogP contribution in [0.15, 0.2) is 90.2 Å². The number of benzene rings is 4. The molecule has 0 aromatic heterocycles. The second kappa shape index (κ2) is 8.54. The van der Waals surface area contributed by atoms with Gasteiger partial charge in [-0.15, -0.1) is 0 Å². The number of hydrogen-bond donors (Lipinski definition) is 1. The Morgan fingerprint density at radius 3 is 1.59 bits per heavy atom. The number of aliphatic imine (C=N–C) groups is 1. The van der Waals surface area contributed by atoms with Crippen molar-refractivity contribution in [1.29, 1.82) is 0 Å². The van der Waals surface area contributed by atoms with Crippen LogP contribution < -0.4 is 13.7 Å². The highest BCUT2D eigenvalue weighted by atomic mass is 32.3. The summed E-state index contributed by atoms with van der Waals surface area (Å²) in [5, 5.41) is 4.90. The molecule has 2 heterocycles. The minimum absolute atomic E-state index is 0.0363. The standard InChI is InChI=1S/C20H12NO6S2.C3H4N2/c22-28(23)21-29(24,25)27-18-12-10-14-6-2-4-8-16(14)20(18)19-15-7-3-1-5-13(15)9-11-17(19)26-28;1-2-5-3-4-1/h1-12H;1-3H,(H,4,5)/q-1;/p+1. The minimum Gasteiger partial charge on any atom is -0.394 e. The van der Waals surface area contributed by atoms with Gasteiger partial charge in [0.1, 0.15) is 17.7 Å². The smallest absolute Gasteiger partial charge is 0.247 e. The summed E-state index contributed by atoms with van der Waals surface area (Å²) in [6, 6.07) is 21.0. The van der Waals surface area contributed by atoms with Gasteiger partial charge >= 0.3 is 0 Å². The zero-order valence-electron chi connectivity index (χ0n) is 17.4. The monoisotopic (exact) mass is 495 g/mol. The first kappa shape index (κ1) is 22.0. The van der Waals surface area contributed by atoms with Gasteiger partial charge in [-0.2, -0.15) is 0 Å². The molecule has 0 aliphatic carbocycles. The molecule has 0 spiro atoms. The molecule has 34 heavy (non-hydrogen) atoms. The molecule has 0 fully saturated rings. The second-order valence-electron chi connectivity index (χ2n) is 7.25. The average molecular weight is 496 g/mol. The Bertz CT molecular complexity index is 1570. The van der Waals surface area contributed by atoms with Gasteiger partial charge in [0.05, 0.1) is 6.20 Å². The maximum atomic E-state index is 12.3.